The summed E-state index contributed by atoms with van der Waals surface area (Å²) in [4.78, 5) is 8.67. The van der Waals surface area contributed by atoms with Crippen LogP contribution in [0.2, 0.25) is 19.6 Å². The summed E-state index contributed by atoms with van der Waals surface area (Å²) in [6.07, 6.45) is -1.17. The van der Waals surface area contributed by atoms with Crippen molar-refractivity contribution in [2.45, 2.75) is 32.6 Å². The first-order valence-electron chi connectivity index (χ1n) is 9.45. The van der Waals surface area contributed by atoms with Crippen molar-refractivity contribution in [2.24, 2.45) is 4.99 Å². The summed E-state index contributed by atoms with van der Waals surface area (Å²) in [6, 6.07) is 15.7. The summed E-state index contributed by atoms with van der Waals surface area (Å²) in [7, 11) is -1.52. The Hall–Kier alpha value is -3.04. The number of benzene rings is 2. The average Bonchev–Trinajstić information content (AvgIpc) is 3.04. The van der Waals surface area contributed by atoms with Gasteiger partial charge in [-0.1, -0.05) is 55.9 Å². The minimum Gasteiger partial charge on any atom is -0.300 e. The number of halogens is 2. The molecular formula is C23H21F2N3Si. The maximum absolute atomic E-state index is 13.5. The zero-order valence-electron chi connectivity index (χ0n) is 16.6. The first kappa shape index (κ1) is 19.3. The summed E-state index contributed by atoms with van der Waals surface area (Å²) in [5, 5.41) is 0. The quantitative estimate of drug-likeness (QED) is 0.415. The van der Waals surface area contributed by atoms with Crippen LogP contribution in [0, 0.1) is 11.5 Å². The van der Waals surface area contributed by atoms with Gasteiger partial charge >= 0.3 is 0 Å². The number of aromatic nitrogens is 2. The molecule has 1 aliphatic rings. The minimum atomic E-state index is -2.63. The van der Waals surface area contributed by atoms with Crippen LogP contribution in [0.3, 0.4) is 0 Å². The number of alkyl halides is 2. The lowest BCUT2D eigenvalue weighted by Crippen LogP contribution is -2.16. The summed E-state index contributed by atoms with van der Waals surface area (Å²) in [6.45, 7) is 6.74. The molecule has 2 heterocycles. The number of hydrogen-bond acceptors (Lipinski definition) is 2. The van der Waals surface area contributed by atoms with E-state index in [0.29, 0.717) is 5.69 Å². The molecule has 0 atom stereocenters. The fourth-order valence-electron chi connectivity index (χ4n) is 3.29. The first-order valence-corrected chi connectivity index (χ1v) is 13.0. The third kappa shape index (κ3) is 3.92. The zero-order chi connectivity index (χ0) is 20.6. The van der Waals surface area contributed by atoms with Gasteiger partial charge in [0.05, 0.1) is 23.6 Å². The van der Waals surface area contributed by atoms with Crippen LogP contribution in [0.1, 0.15) is 34.5 Å². The number of hydrogen-bond donors (Lipinski definition) is 0. The van der Waals surface area contributed by atoms with E-state index < -0.39 is 14.5 Å². The largest absolute Gasteiger partial charge is 0.300 e. The highest BCUT2D eigenvalue weighted by Crippen LogP contribution is 2.30. The van der Waals surface area contributed by atoms with Gasteiger partial charge in [0.2, 0.25) is 0 Å². The Morgan fingerprint density at radius 3 is 2.52 bits per heavy atom. The molecule has 0 aliphatic carbocycles. The number of aliphatic imine (C=N–C) groups is 1. The van der Waals surface area contributed by atoms with Crippen molar-refractivity contribution in [2.75, 3.05) is 0 Å². The summed E-state index contributed by atoms with van der Waals surface area (Å²) >= 11 is 0. The van der Waals surface area contributed by atoms with Gasteiger partial charge < -0.3 is 4.57 Å². The number of rotatable bonds is 2. The van der Waals surface area contributed by atoms with Gasteiger partial charge in [-0.05, 0) is 18.2 Å². The molecule has 0 bridgehead atoms. The van der Waals surface area contributed by atoms with E-state index in [2.05, 4.69) is 36.1 Å². The van der Waals surface area contributed by atoms with Crippen molar-refractivity contribution in [1.82, 2.24) is 9.55 Å². The molecular weight excluding hydrogens is 384 g/mol. The molecule has 2 aromatic carbocycles. The molecule has 1 aliphatic heterocycles. The molecule has 146 valence electrons. The molecule has 0 spiro atoms. The van der Waals surface area contributed by atoms with Gasteiger partial charge in [-0.3, -0.25) is 4.99 Å². The van der Waals surface area contributed by atoms with Crippen molar-refractivity contribution in [1.29, 1.82) is 0 Å². The number of nitrogens with zero attached hydrogens (tertiary/aromatic N) is 3. The third-order valence-electron chi connectivity index (χ3n) is 4.63. The molecule has 0 saturated carbocycles. The molecule has 0 unspecified atom stereocenters. The van der Waals surface area contributed by atoms with E-state index in [0.717, 1.165) is 28.1 Å². The molecule has 29 heavy (non-hydrogen) atoms. The normalized spacial score (nSPS) is 13.1. The van der Waals surface area contributed by atoms with E-state index in [1.807, 2.05) is 48.5 Å². The second-order valence-electron chi connectivity index (χ2n) is 8.01. The molecule has 0 amide bonds. The van der Waals surface area contributed by atoms with E-state index in [-0.39, 0.29) is 12.2 Å². The van der Waals surface area contributed by atoms with Crippen LogP contribution in [0.5, 0.6) is 0 Å². The van der Waals surface area contributed by atoms with Crippen LogP contribution in [-0.4, -0.2) is 23.3 Å². The van der Waals surface area contributed by atoms with Crippen LogP contribution >= 0.6 is 0 Å². The fraction of sp³-hybridized carbons (Fsp3) is 0.217. The highest BCUT2D eigenvalue weighted by molar-refractivity contribution is 6.83. The van der Waals surface area contributed by atoms with E-state index >= 15 is 0 Å². The van der Waals surface area contributed by atoms with E-state index in [4.69, 9.17) is 4.99 Å². The molecule has 6 heteroatoms. The van der Waals surface area contributed by atoms with Crippen molar-refractivity contribution in [3.05, 3.63) is 82.9 Å². The monoisotopic (exact) mass is 405 g/mol. The Morgan fingerprint density at radius 2 is 1.83 bits per heavy atom. The Kier molecular flexibility index (Phi) is 4.93. The summed E-state index contributed by atoms with van der Waals surface area (Å²) in [5.41, 5.74) is 7.88. The lowest BCUT2D eigenvalue weighted by atomic mass is 9.98. The Balaban J connectivity index is 1.93. The molecule has 3 nitrogen and oxygen atoms in total. The van der Waals surface area contributed by atoms with Crippen LogP contribution in [0.4, 0.5) is 8.78 Å². The highest BCUT2D eigenvalue weighted by Gasteiger charge is 2.25. The summed E-state index contributed by atoms with van der Waals surface area (Å²) < 4.78 is 28.6. The van der Waals surface area contributed by atoms with Crippen molar-refractivity contribution in [3.8, 4) is 17.2 Å². The SMILES string of the molecule is C[Si](C)(C)C#Cc1ccc2c(c1)C(c1ccccc1)=NCc1c(C(F)F)ncn1-2. The lowest BCUT2D eigenvalue weighted by molar-refractivity contribution is 0.145. The number of imidazole rings is 1. The average molecular weight is 406 g/mol. The Bertz CT molecular complexity index is 1150. The van der Waals surface area contributed by atoms with Crippen molar-refractivity contribution >= 4 is 13.8 Å². The first-order chi connectivity index (χ1) is 13.8. The minimum absolute atomic E-state index is 0.147. The van der Waals surface area contributed by atoms with Crippen LogP contribution in [0.25, 0.3) is 5.69 Å². The van der Waals surface area contributed by atoms with Crippen LogP contribution < -0.4 is 0 Å². The van der Waals surface area contributed by atoms with Crippen molar-refractivity contribution < 1.29 is 8.78 Å². The molecule has 1 aromatic heterocycles. The van der Waals surface area contributed by atoms with Crippen molar-refractivity contribution in [3.63, 3.8) is 0 Å². The van der Waals surface area contributed by atoms with Gasteiger partial charge in [-0.15, -0.1) is 5.54 Å². The second kappa shape index (κ2) is 7.41. The van der Waals surface area contributed by atoms with E-state index in [1.54, 1.807) is 4.57 Å². The maximum atomic E-state index is 13.5. The standard InChI is InChI=1S/C23H21F2N3Si/c1-29(2,3)12-11-16-9-10-19-18(13-16)21(17-7-5-4-6-8-17)26-14-20-22(23(24)25)27-15-28(19)20/h4-10,13,15,23H,14H2,1-3H3. The Morgan fingerprint density at radius 1 is 1.07 bits per heavy atom. The van der Waals surface area contributed by atoms with Gasteiger partial charge in [-0.2, -0.15) is 0 Å². The number of fused-ring (bicyclic) bond motifs is 3. The third-order valence-corrected chi connectivity index (χ3v) is 5.51. The van der Waals surface area contributed by atoms with Gasteiger partial charge in [0.1, 0.15) is 20.1 Å². The van der Waals surface area contributed by atoms with Gasteiger partial charge in [-0.25, -0.2) is 13.8 Å². The highest BCUT2D eigenvalue weighted by atomic mass is 28.3. The smallest absolute Gasteiger partial charge is 0.282 e. The second-order valence-corrected chi connectivity index (χ2v) is 12.8. The Labute approximate surface area is 170 Å². The van der Waals surface area contributed by atoms with E-state index in [1.165, 1.54) is 6.33 Å². The van der Waals surface area contributed by atoms with Gasteiger partial charge in [0.25, 0.3) is 6.43 Å². The van der Waals surface area contributed by atoms with Gasteiger partial charge in [0.15, 0.2) is 0 Å². The molecule has 0 saturated heterocycles. The summed E-state index contributed by atoms with van der Waals surface area (Å²) in [5.74, 6) is 3.29. The molecule has 3 aromatic rings. The fourth-order valence-corrected chi connectivity index (χ4v) is 3.81. The molecule has 0 N–H and O–H groups in total. The van der Waals surface area contributed by atoms with E-state index in [9.17, 15) is 8.78 Å². The lowest BCUT2D eigenvalue weighted by Gasteiger charge is -2.12. The molecule has 0 radical (unpaired) electrons. The molecule has 0 fully saturated rings. The van der Waals surface area contributed by atoms with Crippen LogP contribution in [0.15, 0.2) is 59.9 Å². The zero-order valence-corrected chi connectivity index (χ0v) is 17.6. The van der Waals surface area contributed by atoms with Gasteiger partial charge in [0, 0.05) is 16.7 Å². The maximum Gasteiger partial charge on any atom is 0.282 e. The predicted molar refractivity (Wildman–Crippen MR) is 115 cm³/mol. The topological polar surface area (TPSA) is 30.2 Å². The van der Waals surface area contributed by atoms with Crippen LogP contribution in [-0.2, 0) is 6.54 Å². The molecule has 4 rings (SSSR count). The predicted octanol–water partition coefficient (Wildman–Crippen LogP) is 5.39.